The highest BCUT2D eigenvalue weighted by Crippen LogP contribution is 2.24. The van der Waals surface area contributed by atoms with Crippen molar-refractivity contribution in [3.63, 3.8) is 0 Å². The van der Waals surface area contributed by atoms with Gasteiger partial charge in [-0.05, 0) is 43.5 Å². The molecule has 1 aliphatic heterocycles. The van der Waals surface area contributed by atoms with Gasteiger partial charge < -0.3 is 4.90 Å². The van der Waals surface area contributed by atoms with Gasteiger partial charge in [0.25, 0.3) is 0 Å². The maximum atomic E-state index is 13.9. The van der Waals surface area contributed by atoms with E-state index in [1.54, 1.807) is 12.1 Å². The summed E-state index contributed by atoms with van der Waals surface area (Å²) in [6.45, 7) is 3.69. The highest BCUT2D eigenvalue weighted by Gasteiger charge is 2.18. The molecule has 20 heavy (non-hydrogen) atoms. The van der Waals surface area contributed by atoms with Gasteiger partial charge in [-0.3, -0.25) is 0 Å². The summed E-state index contributed by atoms with van der Waals surface area (Å²) in [6, 6.07) is 4.84. The largest absolute Gasteiger partial charge is 0.341 e. The predicted molar refractivity (Wildman–Crippen MR) is 76.4 cm³/mol. The van der Waals surface area contributed by atoms with Gasteiger partial charge in [-0.25, -0.2) is 4.39 Å². The third kappa shape index (κ3) is 2.58. The van der Waals surface area contributed by atoms with Crippen LogP contribution in [0.1, 0.15) is 18.4 Å². The molecule has 2 heterocycles. The van der Waals surface area contributed by atoms with Crippen LogP contribution in [0.15, 0.2) is 18.2 Å². The molecule has 3 rings (SSSR count). The third-order valence-electron chi connectivity index (χ3n) is 3.35. The van der Waals surface area contributed by atoms with E-state index in [0.717, 1.165) is 31.5 Å². The Labute approximate surface area is 121 Å². The monoisotopic (exact) mass is 292 g/mol. The molecule has 0 radical (unpaired) electrons. The Kier molecular flexibility index (Phi) is 3.53. The number of hydrogen-bond donors (Lipinski definition) is 0. The Hall–Kier alpha value is -1.75. The summed E-state index contributed by atoms with van der Waals surface area (Å²) in [4.78, 5) is 14.6. The van der Waals surface area contributed by atoms with Gasteiger partial charge in [-0.2, -0.15) is 15.0 Å². The van der Waals surface area contributed by atoms with Crippen molar-refractivity contribution in [1.82, 2.24) is 15.0 Å². The van der Waals surface area contributed by atoms with Gasteiger partial charge in [-0.1, -0.05) is 11.6 Å². The van der Waals surface area contributed by atoms with Crippen molar-refractivity contribution in [2.24, 2.45) is 0 Å². The van der Waals surface area contributed by atoms with Crippen LogP contribution >= 0.6 is 11.6 Å². The maximum absolute atomic E-state index is 13.9. The molecule has 0 unspecified atom stereocenters. The normalized spacial score (nSPS) is 14.8. The SMILES string of the molecule is Cc1ccc(F)c(-c2nc(Cl)nc(N3CCCC3)n2)c1. The second-order valence-electron chi connectivity index (χ2n) is 4.91. The zero-order chi connectivity index (χ0) is 14.1. The van der Waals surface area contributed by atoms with Crippen LogP contribution in [0.2, 0.25) is 5.28 Å². The molecular formula is C14H14ClFN4. The van der Waals surface area contributed by atoms with E-state index in [-0.39, 0.29) is 16.9 Å². The first-order valence-electron chi connectivity index (χ1n) is 6.56. The summed E-state index contributed by atoms with van der Waals surface area (Å²) < 4.78 is 13.9. The number of halogens is 2. The van der Waals surface area contributed by atoms with E-state index in [2.05, 4.69) is 15.0 Å². The van der Waals surface area contributed by atoms with Crippen LogP contribution in [-0.4, -0.2) is 28.0 Å². The number of hydrogen-bond acceptors (Lipinski definition) is 4. The fraction of sp³-hybridized carbons (Fsp3) is 0.357. The van der Waals surface area contributed by atoms with Crippen LogP contribution in [-0.2, 0) is 0 Å². The zero-order valence-corrected chi connectivity index (χ0v) is 11.9. The lowest BCUT2D eigenvalue weighted by Crippen LogP contribution is -2.21. The standard InChI is InChI=1S/C14H14ClFN4/c1-9-4-5-11(16)10(8-9)12-17-13(15)19-14(18-12)20-6-2-3-7-20/h4-5,8H,2-3,6-7H2,1H3. The Morgan fingerprint density at radius 2 is 1.90 bits per heavy atom. The molecule has 0 amide bonds. The van der Waals surface area contributed by atoms with Crippen molar-refractivity contribution in [2.75, 3.05) is 18.0 Å². The van der Waals surface area contributed by atoms with Crippen LogP contribution in [0.25, 0.3) is 11.4 Å². The van der Waals surface area contributed by atoms with E-state index in [4.69, 9.17) is 11.6 Å². The summed E-state index contributed by atoms with van der Waals surface area (Å²) in [5.74, 6) is 0.455. The molecule has 0 aliphatic carbocycles. The van der Waals surface area contributed by atoms with E-state index in [1.165, 1.54) is 6.07 Å². The molecule has 1 aliphatic rings. The minimum atomic E-state index is -0.356. The van der Waals surface area contributed by atoms with Crippen LogP contribution in [0, 0.1) is 12.7 Å². The van der Waals surface area contributed by atoms with Gasteiger partial charge in [0.15, 0.2) is 5.82 Å². The lowest BCUT2D eigenvalue weighted by molar-refractivity contribution is 0.629. The first-order valence-corrected chi connectivity index (χ1v) is 6.94. The molecule has 1 aromatic carbocycles. The molecule has 1 aromatic heterocycles. The van der Waals surface area contributed by atoms with Crippen LogP contribution in [0.5, 0.6) is 0 Å². The molecule has 0 spiro atoms. The van der Waals surface area contributed by atoms with Crippen LogP contribution in [0.4, 0.5) is 10.3 Å². The third-order valence-corrected chi connectivity index (χ3v) is 3.52. The van der Waals surface area contributed by atoms with E-state index >= 15 is 0 Å². The molecule has 1 fully saturated rings. The second kappa shape index (κ2) is 5.32. The lowest BCUT2D eigenvalue weighted by Gasteiger charge is -2.15. The van der Waals surface area contributed by atoms with E-state index in [1.807, 2.05) is 11.8 Å². The van der Waals surface area contributed by atoms with Crippen molar-refractivity contribution in [1.29, 1.82) is 0 Å². The minimum Gasteiger partial charge on any atom is -0.341 e. The fourth-order valence-electron chi connectivity index (χ4n) is 2.33. The van der Waals surface area contributed by atoms with Gasteiger partial charge in [-0.15, -0.1) is 0 Å². The molecule has 1 saturated heterocycles. The summed E-state index contributed by atoms with van der Waals surface area (Å²) >= 11 is 5.96. The van der Waals surface area contributed by atoms with E-state index < -0.39 is 0 Å². The maximum Gasteiger partial charge on any atom is 0.230 e. The molecule has 0 atom stereocenters. The molecular weight excluding hydrogens is 279 g/mol. The van der Waals surface area contributed by atoms with Crippen molar-refractivity contribution >= 4 is 17.5 Å². The molecule has 4 nitrogen and oxygen atoms in total. The number of anilines is 1. The summed E-state index contributed by atoms with van der Waals surface area (Å²) in [7, 11) is 0. The first kappa shape index (κ1) is 13.2. The lowest BCUT2D eigenvalue weighted by atomic mass is 10.1. The molecule has 6 heteroatoms. The van der Waals surface area contributed by atoms with Crippen LogP contribution < -0.4 is 4.90 Å². The molecule has 0 saturated carbocycles. The quantitative estimate of drug-likeness (QED) is 0.852. The Bertz CT molecular complexity index is 641. The summed E-state index contributed by atoms with van der Waals surface area (Å²) in [5.41, 5.74) is 1.30. The Morgan fingerprint density at radius 1 is 1.15 bits per heavy atom. The number of benzene rings is 1. The number of aromatic nitrogens is 3. The van der Waals surface area contributed by atoms with Gasteiger partial charge >= 0.3 is 0 Å². The minimum absolute atomic E-state index is 0.0952. The molecule has 104 valence electrons. The molecule has 0 N–H and O–H groups in total. The smallest absolute Gasteiger partial charge is 0.230 e. The molecule has 2 aromatic rings. The highest BCUT2D eigenvalue weighted by molar-refractivity contribution is 6.28. The predicted octanol–water partition coefficient (Wildman–Crippen LogP) is 3.24. The summed E-state index contributed by atoms with van der Waals surface area (Å²) in [5, 5.41) is 0.0952. The first-order chi connectivity index (χ1) is 9.63. The fourth-order valence-corrected chi connectivity index (χ4v) is 2.48. The Balaban J connectivity index is 2.06. The number of aryl methyl sites for hydroxylation is 1. The van der Waals surface area contributed by atoms with E-state index in [9.17, 15) is 4.39 Å². The average Bonchev–Trinajstić information content (AvgIpc) is 2.95. The Morgan fingerprint density at radius 3 is 2.65 bits per heavy atom. The van der Waals surface area contributed by atoms with Crippen molar-refractivity contribution in [3.05, 3.63) is 34.9 Å². The van der Waals surface area contributed by atoms with Gasteiger partial charge in [0.2, 0.25) is 11.2 Å². The number of rotatable bonds is 2. The topological polar surface area (TPSA) is 41.9 Å². The van der Waals surface area contributed by atoms with Crippen molar-refractivity contribution in [2.45, 2.75) is 19.8 Å². The van der Waals surface area contributed by atoms with Crippen LogP contribution in [0.3, 0.4) is 0 Å². The van der Waals surface area contributed by atoms with Crippen molar-refractivity contribution < 1.29 is 4.39 Å². The van der Waals surface area contributed by atoms with E-state index in [0.29, 0.717) is 11.5 Å². The highest BCUT2D eigenvalue weighted by atomic mass is 35.5. The molecule has 0 bridgehead atoms. The number of nitrogens with zero attached hydrogens (tertiary/aromatic N) is 4. The average molecular weight is 293 g/mol. The zero-order valence-electron chi connectivity index (χ0n) is 11.1. The van der Waals surface area contributed by atoms with Gasteiger partial charge in [0, 0.05) is 13.1 Å². The second-order valence-corrected chi connectivity index (χ2v) is 5.24. The van der Waals surface area contributed by atoms with Gasteiger partial charge in [0.1, 0.15) is 5.82 Å². The van der Waals surface area contributed by atoms with Crippen molar-refractivity contribution in [3.8, 4) is 11.4 Å². The van der Waals surface area contributed by atoms with Gasteiger partial charge in [0.05, 0.1) is 5.56 Å². The summed E-state index contributed by atoms with van der Waals surface area (Å²) in [6.07, 6.45) is 2.22.